The maximum absolute atomic E-state index is 13.0. The van der Waals surface area contributed by atoms with E-state index in [2.05, 4.69) is 10.3 Å². The van der Waals surface area contributed by atoms with E-state index < -0.39 is 15.3 Å². The van der Waals surface area contributed by atoms with Crippen molar-refractivity contribution in [1.29, 1.82) is 0 Å². The fraction of sp³-hybridized carbons (Fsp3) is 0.333. The van der Waals surface area contributed by atoms with Crippen LogP contribution in [-0.2, 0) is 14.8 Å². The van der Waals surface area contributed by atoms with E-state index in [0.29, 0.717) is 18.2 Å². The number of carbonyl (C=O) groups is 1. The van der Waals surface area contributed by atoms with Gasteiger partial charge in [0.2, 0.25) is 15.9 Å². The molecule has 164 valence electrons. The molecule has 1 aromatic carbocycles. The Hall–Kier alpha value is -2.07. The molecule has 3 aromatic rings. The minimum atomic E-state index is -3.62. The molecule has 1 aliphatic heterocycles. The zero-order valence-electron chi connectivity index (χ0n) is 17.0. The zero-order chi connectivity index (χ0) is 22.0. The molecule has 1 aliphatic rings. The zero-order valence-corrected chi connectivity index (χ0v) is 19.4. The molecule has 7 nitrogen and oxygen atoms in total. The summed E-state index contributed by atoms with van der Waals surface area (Å²) in [7, 11) is -3.62. The van der Waals surface area contributed by atoms with Crippen molar-refractivity contribution in [2.24, 2.45) is 0 Å². The molecule has 0 unspecified atom stereocenters. The van der Waals surface area contributed by atoms with E-state index in [1.54, 1.807) is 13.1 Å². The van der Waals surface area contributed by atoms with Gasteiger partial charge in [0.1, 0.15) is 0 Å². The van der Waals surface area contributed by atoms with Gasteiger partial charge in [-0.25, -0.2) is 13.4 Å². The monoisotopic (exact) mass is 478 g/mol. The number of nitrogens with zero attached hydrogens (tertiary/aromatic N) is 3. The number of anilines is 1. The maximum Gasteiger partial charge on any atom is 0.243 e. The van der Waals surface area contributed by atoms with Gasteiger partial charge in [-0.1, -0.05) is 35.9 Å². The van der Waals surface area contributed by atoms with Crippen molar-refractivity contribution in [1.82, 2.24) is 13.7 Å². The standard InChI is InChI=1S/C21H23ClN4O3S2/c1-15(30-21-23-14-16-7-3-6-12-26(16)21)20(27)24-19-13-17(8-9-18(19)22)31(28,29)25-10-4-2-5-11-25/h3,6-9,12-15H,2,4-5,10-11H2,1H3,(H,24,27)/t15-/m0/s1. The smallest absolute Gasteiger partial charge is 0.243 e. The van der Waals surface area contributed by atoms with Crippen LogP contribution in [0, 0.1) is 0 Å². The van der Waals surface area contributed by atoms with Crippen molar-refractivity contribution in [3.63, 3.8) is 0 Å². The topological polar surface area (TPSA) is 83.8 Å². The number of rotatable bonds is 6. The Morgan fingerprint density at radius 2 is 1.97 bits per heavy atom. The summed E-state index contributed by atoms with van der Waals surface area (Å²) in [6.07, 6.45) is 6.39. The molecule has 1 amide bonds. The van der Waals surface area contributed by atoms with Gasteiger partial charge in [0.15, 0.2) is 5.16 Å². The van der Waals surface area contributed by atoms with Crippen LogP contribution in [0.3, 0.4) is 0 Å². The molecule has 1 saturated heterocycles. The second-order valence-corrected chi connectivity index (χ2v) is 11.0. The SMILES string of the molecule is C[C@H](Sc1ncc2ccccn12)C(=O)Nc1cc(S(=O)(=O)N2CCCCC2)ccc1Cl. The second kappa shape index (κ2) is 9.20. The van der Waals surface area contributed by atoms with Gasteiger partial charge >= 0.3 is 0 Å². The molecule has 0 radical (unpaired) electrons. The van der Waals surface area contributed by atoms with Crippen molar-refractivity contribution in [2.45, 2.75) is 41.5 Å². The number of nitrogens with one attached hydrogen (secondary N) is 1. The number of carbonyl (C=O) groups excluding carboxylic acids is 1. The van der Waals surface area contributed by atoms with Crippen LogP contribution in [0.25, 0.3) is 5.52 Å². The lowest BCUT2D eigenvalue weighted by Crippen LogP contribution is -2.35. The summed E-state index contributed by atoms with van der Waals surface area (Å²) in [6, 6.07) is 10.2. The summed E-state index contributed by atoms with van der Waals surface area (Å²) in [5, 5.41) is 3.29. The Morgan fingerprint density at radius 1 is 1.19 bits per heavy atom. The van der Waals surface area contributed by atoms with E-state index in [1.165, 1.54) is 34.3 Å². The number of pyridine rings is 1. The predicted octanol–water partition coefficient (Wildman–Crippen LogP) is 4.28. The lowest BCUT2D eigenvalue weighted by atomic mass is 10.2. The van der Waals surface area contributed by atoms with Crippen molar-refractivity contribution in [2.75, 3.05) is 18.4 Å². The van der Waals surface area contributed by atoms with Gasteiger partial charge in [-0.3, -0.25) is 9.20 Å². The molecular formula is C21H23ClN4O3S2. The van der Waals surface area contributed by atoms with E-state index in [0.717, 1.165) is 24.8 Å². The number of benzene rings is 1. The average molecular weight is 479 g/mol. The summed E-state index contributed by atoms with van der Waals surface area (Å²) in [5.74, 6) is -0.285. The third-order valence-electron chi connectivity index (χ3n) is 5.20. The molecule has 2 aromatic heterocycles. The third kappa shape index (κ3) is 4.74. The number of aromatic nitrogens is 2. The van der Waals surface area contributed by atoms with Crippen LogP contribution in [0.4, 0.5) is 5.69 Å². The molecule has 0 spiro atoms. The van der Waals surface area contributed by atoms with Crippen molar-refractivity contribution >= 4 is 50.5 Å². The van der Waals surface area contributed by atoms with Crippen LogP contribution in [-0.4, -0.2) is 46.4 Å². The molecule has 4 rings (SSSR count). The number of thioether (sulfide) groups is 1. The van der Waals surface area contributed by atoms with E-state index in [9.17, 15) is 13.2 Å². The lowest BCUT2D eigenvalue weighted by molar-refractivity contribution is -0.115. The van der Waals surface area contributed by atoms with Gasteiger partial charge in [-0.05, 0) is 50.1 Å². The summed E-state index contributed by atoms with van der Waals surface area (Å²) in [6.45, 7) is 2.80. The Labute approximate surface area is 190 Å². The van der Waals surface area contributed by atoms with E-state index >= 15 is 0 Å². The quantitative estimate of drug-likeness (QED) is 0.534. The highest BCUT2D eigenvalue weighted by Crippen LogP contribution is 2.30. The molecule has 10 heteroatoms. The predicted molar refractivity (Wildman–Crippen MR) is 123 cm³/mol. The highest BCUT2D eigenvalue weighted by atomic mass is 35.5. The molecule has 0 aliphatic carbocycles. The van der Waals surface area contributed by atoms with Gasteiger partial charge in [0, 0.05) is 19.3 Å². The first-order valence-corrected chi connectivity index (χ1v) is 12.8. The van der Waals surface area contributed by atoms with Gasteiger partial charge < -0.3 is 5.32 Å². The highest BCUT2D eigenvalue weighted by Gasteiger charge is 2.27. The second-order valence-electron chi connectivity index (χ2n) is 7.39. The maximum atomic E-state index is 13.0. The minimum absolute atomic E-state index is 0.133. The van der Waals surface area contributed by atoms with E-state index in [1.807, 2.05) is 28.8 Å². The third-order valence-corrected chi connectivity index (χ3v) is 8.51. The van der Waals surface area contributed by atoms with Crippen LogP contribution in [0.2, 0.25) is 5.02 Å². The number of sulfonamides is 1. The molecule has 0 bridgehead atoms. The summed E-state index contributed by atoms with van der Waals surface area (Å²) in [4.78, 5) is 17.3. The Balaban J connectivity index is 1.50. The number of fused-ring (bicyclic) bond motifs is 1. The fourth-order valence-electron chi connectivity index (χ4n) is 3.47. The Kier molecular flexibility index (Phi) is 6.57. The molecule has 1 N–H and O–H groups in total. The highest BCUT2D eigenvalue weighted by molar-refractivity contribution is 8.00. The Bertz CT molecular complexity index is 1210. The van der Waals surface area contributed by atoms with Crippen LogP contribution in [0.5, 0.6) is 0 Å². The largest absolute Gasteiger partial charge is 0.324 e. The number of imidazole rings is 1. The first-order chi connectivity index (χ1) is 14.9. The fourth-order valence-corrected chi connectivity index (χ4v) is 6.05. The van der Waals surface area contributed by atoms with Crippen LogP contribution < -0.4 is 5.32 Å². The number of piperidine rings is 1. The van der Waals surface area contributed by atoms with Gasteiger partial charge in [0.25, 0.3) is 0 Å². The molecule has 31 heavy (non-hydrogen) atoms. The number of hydrogen-bond acceptors (Lipinski definition) is 5. The first kappa shape index (κ1) is 22.1. The molecular weight excluding hydrogens is 456 g/mol. The average Bonchev–Trinajstić information content (AvgIpc) is 3.18. The van der Waals surface area contributed by atoms with Crippen molar-refractivity contribution in [3.8, 4) is 0 Å². The number of amides is 1. The van der Waals surface area contributed by atoms with Crippen LogP contribution >= 0.6 is 23.4 Å². The van der Waals surface area contributed by atoms with Crippen molar-refractivity contribution < 1.29 is 13.2 Å². The molecule has 1 atom stereocenters. The summed E-state index contributed by atoms with van der Waals surface area (Å²) >= 11 is 7.57. The van der Waals surface area contributed by atoms with E-state index in [4.69, 9.17) is 11.6 Å². The molecule has 0 saturated carbocycles. The van der Waals surface area contributed by atoms with E-state index in [-0.39, 0.29) is 21.5 Å². The van der Waals surface area contributed by atoms with Gasteiger partial charge in [-0.15, -0.1) is 0 Å². The Morgan fingerprint density at radius 3 is 2.74 bits per heavy atom. The molecule has 3 heterocycles. The lowest BCUT2D eigenvalue weighted by Gasteiger charge is -2.26. The first-order valence-electron chi connectivity index (χ1n) is 10.1. The summed E-state index contributed by atoms with van der Waals surface area (Å²) < 4.78 is 29.3. The van der Waals surface area contributed by atoms with Gasteiger partial charge in [-0.2, -0.15) is 4.31 Å². The number of hydrogen-bond donors (Lipinski definition) is 1. The van der Waals surface area contributed by atoms with Crippen LogP contribution in [0.15, 0.2) is 58.8 Å². The molecule has 1 fully saturated rings. The van der Waals surface area contributed by atoms with Gasteiger partial charge in [0.05, 0.1) is 32.6 Å². The van der Waals surface area contributed by atoms with Crippen LogP contribution in [0.1, 0.15) is 26.2 Å². The number of halogens is 1. The minimum Gasteiger partial charge on any atom is -0.324 e. The summed E-state index contributed by atoms with van der Waals surface area (Å²) in [5.41, 5.74) is 1.22. The normalized spacial score (nSPS) is 16.3. The van der Waals surface area contributed by atoms with Crippen molar-refractivity contribution in [3.05, 3.63) is 53.8 Å².